The zero-order valence-corrected chi connectivity index (χ0v) is 14.1. The van der Waals surface area contributed by atoms with Gasteiger partial charge in [-0.3, -0.25) is 14.9 Å². The van der Waals surface area contributed by atoms with Crippen molar-refractivity contribution in [3.8, 4) is 5.69 Å². The maximum Gasteiger partial charge on any atom is 0.269 e. The molecule has 0 spiro atoms. The van der Waals surface area contributed by atoms with Gasteiger partial charge in [-0.15, -0.1) is 0 Å². The summed E-state index contributed by atoms with van der Waals surface area (Å²) in [6, 6.07) is 6.18. The van der Waals surface area contributed by atoms with Crippen molar-refractivity contribution in [2.24, 2.45) is 0 Å². The topological polar surface area (TPSA) is 90.1 Å². The molecular formula is C16H18N4O3S. The van der Waals surface area contributed by atoms with Crippen molar-refractivity contribution in [1.82, 2.24) is 9.78 Å². The highest BCUT2D eigenvalue weighted by atomic mass is 32.2. The number of unbranched alkanes of at least 4 members (excludes halogenated alkanes) is 1. The molecule has 1 aliphatic heterocycles. The second kappa shape index (κ2) is 7.04. The number of hydrogen-bond donors (Lipinski definition) is 1. The largest absolute Gasteiger partial charge is 0.310 e. The molecule has 126 valence electrons. The Bertz CT molecular complexity index is 770. The van der Waals surface area contributed by atoms with Crippen molar-refractivity contribution in [3.63, 3.8) is 0 Å². The van der Waals surface area contributed by atoms with E-state index in [9.17, 15) is 14.9 Å². The van der Waals surface area contributed by atoms with Gasteiger partial charge in [-0.1, -0.05) is 13.3 Å². The van der Waals surface area contributed by atoms with E-state index in [0.29, 0.717) is 17.9 Å². The summed E-state index contributed by atoms with van der Waals surface area (Å²) in [7, 11) is 0. The highest BCUT2D eigenvalue weighted by Crippen LogP contribution is 2.36. The monoisotopic (exact) mass is 346 g/mol. The number of thioether (sulfide) groups is 1. The minimum absolute atomic E-state index is 0.0281. The standard InChI is InChI=1S/C16H18N4O3S/c1-2-3-4-15(21)17-16-13-9-24-10-14(13)18-19(16)11-5-7-12(8-6-11)20(22)23/h5-8H,2-4,9-10H2,1H3,(H,17,21). The number of nitro groups is 1. The lowest BCUT2D eigenvalue weighted by Crippen LogP contribution is -2.15. The van der Waals surface area contributed by atoms with E-state index in [1.165, 1.54) is 12.1 Å². The molecule has 3 rings (SSSR count). The van der Waals surface area contributed by atoms with Gasteiger partial charge in [-0.2, -0.15) is 16.9 Å². The van der Waals surface area contributed by atoms with Crippen molar-refractivity contribution in [2.45, 2.75) is 37.7 Å². The third-order valence-corrected chi connectivity index (χ3v) is 4.84. The number of carbonyl (C=O) groups excluding carboxylic acids is 1. The summed E-state index contributed by atoms with van der Waals surface area (Å²) in [5, 5.41) is 18.4. The summed E-state index contributed by atoms with van der Waals surface area (Å²) in [5.74, 6) is 2.28. The lowest BCUT2D eigenvalue weighted by Gasteiger charge is -2.11. The Morgan fingerprint density at radius 2 is 2.12 bits per heavy atom. The van der Waals surface area contributed by atoms with E-state index in [0.717, 1.165) is 35.6 Å². The molecular weight excluding hydrogens is 328 g/mol. The van der Waals surface area contributed by atoms with Gasteiger partial charge in [0.25, 0.3) is 5.69 Å². The summed E-state index contributed by atoms with van der Waals surface area (Å²) >= 11 is 1.76. The number of anilines is 1. The number of fused-ring (bicyclic) bond motifs is 1. The quantitative estimate of drug-likeness (QED) is 0.637. The van der Waals surface area contributed by atoms with E-state index in [-0.39, 0.29) is 11.6 Å². The Balaban J connectivity index is 1.92. The van der Waals surface area contributed by atoms with Crippen molar-refractivity contribution >= 4 is 29.2 Å². The van der Waals surface area contributed by atoms with Crippen LogP contribution in [0.2, 0.25) is 0 Å². The van der Waals surface area contributed by atoms with Crippen molar-refractivity contribution in [3.05, 3.63) is 45.6 Å². The molecule has 1 amide bonds. The molecule has 0 unspecified atom stereocenters. The van der Waals surface area contributed by atoms with Gasteiger partial charge in [0.15, 0.2) is 0 Å². The third kappa shape index (κ3) is 3.28. The average molecular weight is 346 g/mol. The molecule has 0 fully saturated rings. The molecule has 24 heavy (non-hydrogen) atoms. The van der Waals surface area contributed by atoms with Crippen LogP contribution in [0.3, 0.4) is 0 Å². The molecule has 1 aromatic heterocycles. The second-order valence-corrected chi connectivity index (χ2v) is 6.59. The number of benzene rings is 1. The van der Waals surface area contributed by atoms with Gasteiger partial charge in [0.1, 0.15) is 5.82 Å². The highest BCUT2D eigenvalue weighted by Gasteiger charge is 2.24. The minimum Gasteiger partial charge on any atom is -0.310 e. The fraction of sp³-hybridized carbons (Fsp3) is 0.375. The van der Waals surface area contributed by atoms with Crippen molar-refractivity contribution in [2.75, 3.05) is 5.32 Å². The van der Waals surface area contributed by atoms with Gasteiger partial charge in [-0.25, -0.2) is 4.68 Å². The molecule has 0 radical (unpaired) electrons. The number of non-ortho nitro benzene ring substituents is 1. The number of hydrogen-bond acceptors (Lipinski definition) is 5. The predicted molar refractivity (Wildman–Crippen MR) is 93.4 cm³/mol. The summed E-state index contributed by atoms with van der Waals surface area (Å²) in [6.07, 6.45) is 2.28. The number of nitrogens with zero attached hydrogens (tertiary/aromatic N) is 3. The van der Waals surface area contributed by atoms with Crippen LogP contribution in [0.5, 0.6) is 0 Å². The van der Waals surface area contributed by atoms with Crippen LogP contribution in [-0.2, 0) is 16.3 Å². The highest BCUT2D eigenvalue weighted by molar-refractivity contribution is 7.98. The number of nitrogens with one attached hydrogen (secondary N) is 1. The van der Waals surface area contributed by atoms with Crippen LogP contribution in [0.1, 0.15) is 37.4 Å². The Labute approximate surface area is 143 Å². The smallest absolute Gasteiger partial charge is 0.269 e. The molecule has 0 saturated carbocycles. The fourth-order valence-corrected chi connectivity index (χ4v) is 3.61. The maximum absolute atomic E-state index is 12.1. The Morgan fingerprint density at radius 1 is 1.38 bits per heavy atom. The van der Waals surface area contributed by atoms with Crippen molar-refractivity contribution in [1.29, 1.82) is 0 Å². The third-order valence-electron chi connectivity index (χ3n) is 3.87. The van der Waals surface area contributed by atoms with Crippen LogP contribution in [0.4, 0.5) is 11.5 Å². The van der Waals surface area contributed by atoms with Crippen LogP contribution in [0.25, 0.3) is 5.69 Å². The summed E-state index contributed by atoms with van der Waals surface area (Å²) < 4.78 is 1.68. The Morgan fingerprint density at radius 3 is 2.79 bits per heavy atom. The van der Waals surface area contributed by atoms with E-state index in [4.69, 9.17) is 0 Å². The van der Waals surface area contributed by atoms with E-state index < -0.39 is 4.92 Å². The molecule has 2 aromatic rings. The molecule has 1 aliphatic rings. The number of aromatic nitrogens is 2. The normalized spacial score (nSPS) is 12.9. The van der Waals surface area contributed by atoms with Gasteiger partial charge in [0.05, 0.1) is 16.3 Å². The lowest BCUT2D eigenvalue weighted by molar-refractivity contribution is -0.384. The summed E-state index contributed by atoms with van der Waals surface area (Å²) in [4.78, 5) is 22.5. The van der Waals surface area contributed by atoms with Gasteiger partial charge in [0, 0.05) is 35.6 Å². The zero-order chi connectivity index (χ0) is 17.1. The molecule has 1 aromatic carbocycles. The number of nitro benzene ring substituents is 1. The van der Waals surface area contributed by atoms with Gasteiger partial charge >= 0.3 is 0 Å². The zero-order valence-electron chi connectivity index (χ0n) is 13.3. The average Bonchev–Trinajstić information content (AvgIpc) is 3.15. The lowest BCUT2D eigenvalue weighted by atomic mass is 10.2. The molecule has 7 nitrogen and oxygen atoms in total. The first-order valence-corrected chi connectivity index (χ1v) is 8.98. The fourth-order valence-electron chi connectivity index (χ4n) is 2.58. The first-order valence-electron chi connectivity index (χ1n) is 7.83. The summed E-state index contributed by atoms with van der Waals surface area (Å²) in [6.45, 7) is 2.04. The molecule has 2 heterocycles. The van der Waals surface area contributed by atoms with Crippen molar-refractivity contribution < 1.29 is 9.72 Å². The minimum atomic E-state index is -0.434. The van der Waals surface area contributed by atoms with Crippen LogP contribution < -0.4 is 5.32 Å². The number of amides is 1. The van der Waals surface area contributed by atoms with Gasteiger partial charge < -0.3 is 5.32 Å². The van der Waals surface area contributed by atoms with Crippen LogP contribution >= 0.6 is 11.8 Å². The van der Waals surface area contributed by atoms with E-state index in [1.807, 2.05) is 6.92 Å². The predicted octanol–water partition coefficient (Wildman–Crippen LogP) is 3.66. The molecule has 0 bridgehead atoms. The van der Waals surface area contributed by atoms with Crippen LogP contribution in [0.15, 0.2) is 24.3 Å². The molecule has 0 atom stereocenters. The van der Waals surface area contributed by atoms with Crippen LogP contribution in [-0.4, -0.2) is 20.6 Å². The van der Waals surface area contributed by atoms with Gasteiger partial charge in [0.2, 0.25) is 5.91 Å². The molecule has 0 aliphatic carbocycles. The SMILES string of the molecule is CCCCC(=O)Nc1c2c(nn1-c1ccc([N+](=O)[O-])cc1)CSC2. The van der Waals surface area contributed by atoms with E-state index in [2.05, 4.69) is 10.4 Å². The number of carbonyl (C=O) groups is 1. The second-order valence-electron chi connectivity index (χ2n) is 5.60. The van der Waals surface area contributed by atoms with Gasteiger partial charge in [-0.05, 0) is 18.6 Å². The maximum atomic E-state index is 12.1. The molecule has 8 heteroatoms. The van der Waals surface area contributed by atoms with E-state index >= 15 is 0 Å². The van der Waals surface area contributed by atoms with Crippen LogP contribution in [0, 0.1) is 10.1 Å². The summed E-state index contributed by atoms with van der Waals surface area (Å²) in [5.41, 5.74) is 2.74. The first kappa shape index (κ1) is 16.5. The Kier molecular flexibility index (Phi) is 4.84. The first-order chi connectivity index (χ1) is 11.6. The molecule has 0 saturated heterocycles. The van der Waals surface area contributed by atoms with E-state index in [1.54, 1.807) is 28.6 Å². The number of rotatable bonds is 6. The Hall–Kier alpha value is -2.35. The molecule has 1 N–H and O–H groups in total.